The van der Waals surface area contributed by atoms with Gasteiger partial charge in [-0.1, -0.05) is 24.4 Å². The molecule has 2 heterocycles. The molecule has 7 heteroatoms. The third kappa shape index (κ3) is 3.97. The van der Waals surface area contributed by atoms with E-state index in [2.05, 4.69) is 15.1 Å². The maximum atomic E-state index is 10.2. The molecule has 24 heavy (non-hydrogen) atoms. The van der Waals surface area contributed by atoms with E-state index in [9.17, 15) is 4.79 Å². The van der Waals surface area contributed by atoms with Gasteiger partial charge in [0.15, 0.2) is 5.82 Å². The van der Waals surface area contributed by atoms with Crippen LogP contribution in [-0.4, -0.2) is 26.2 Å². The van der Waals surface area contributed by atoms with Gasteiger partial charge < -0.3 is 15.4 Å². The van der Waals surface area contributed by atoms with E-state index in [1.165, 1.54) is 50.6 Å². The van der Waals surface area contributed by atoms with Gasteiger partial charge in [0.05, 0.1) is 11.1 Å². The van der Waals surface area contributed by atoms with Crippen LogP contribution in [0.1, 0.15) is 72.9 Å². The molecule has 4 rings (SSSR count). The van der Waals surface area contributed by atoms with Crippen LogP contribution in [0.3, 0.4) is 0 Å². The monoisotopic (exact) mass is 330 g/mol. The average molecular weight is 330 g/mol. The molecule has 2 aromatic heterocycles. The lowest BCUT2D eigenvalue weighted by Gasteiger charge is -2.29. The number of carboxylic acids is 1. The van der Waals surface area contributed by atoms with E-state index in [0.717, 1.165) is 18.7 Å². The van der Waals surface area contributed by atoms with Crippen LogP contribution < -0.4 is 5.73 Å². The van der Waals surface area contributed by atoms with Crippen LogP contribution in [0, 0.1) is 0 Å². The van der Waals surface area contributed by atoms with Crippen molar-refractivity contribution in [2.75, 3.05) is 0 Å². The number of hydrogen-bond acceptors (Lipinski definition) is 6. The SMILES string of the molecule is NC1(c2nc(C3CC3)no2)CCCCC1.O=C(O)c1cccnc1. The second-order valence-corrected chi connectivity index (χ2v) is 6.50. The smallest absolute Gasteiger partial charge is 0.337 e. The number of nitrogens with zero attached hydrogens (tertiary/aromatic N) is 3. The first-order valence-corrected chi connectivity index (χ1v) is 8.35. The van der Waals surface area contributed by atoms with Gasteiger partial charge in [-0.2, -0.15) is 4.98 Å². The second-order valence-electron chi connectivity index (χ2n) is 6.50. The summed E-state index contributed by atoms with van der Waals surface area (Å²) >= 11 is 0. The van der Waals surface area contributed by atoms with Gasteiger partial charge in [0.2, 0.25) is 5.89 Å². The normalized spacial score (nSPS) is 19.2. The predicted octanol–water partition coefficient (Wildman–Crippen LogP) is 2.84. The Bertz CT molecular complexity index is 676. The summed E-state index contributed by atoms with van der Waals surface area (Å²) in [5.74, 6) is 1.15. The minimum absolute atomic E-state index is 0.220. The molecule has 0 atom stereocenters. The van der Waals surface area contributed by atoms with Crippen molar-refractivity contribution in [2.45, 2.75) is 56.4 Å². The van der Waals surface area contributed by atoms with Crippen LogP contribution in [0.25, 0.3) is 0 Å². The zero-order chi connectivity index (χ0) is 17.0. The zero-order valence-corrected chi connectivity index (χ0v) is 13.5. The highest BCUT2D eigenvalue weighted by atomic mass is 16.5. The number of carbonyl (C=O) groups is 1. The minimum Gasteiger partial charge on any atom is -0.478 e. The van der Waals surface area contributed by atoms with Crippen molar-refractivity contribution in [3.63, 3.8) is 0 Å². The van der Waals surface area contributed by atoms with Crippen LogP contribution in [-0.2, 0) is 5.54 Å². The Kier molecular flexibility index (Phi) is 4.89. The molecular formula is C17H22N4O3. The molecule has 7 nitrogen and oxygen atoms in total. The van der Waals surface area contributed by atoms with Gasteiger partial charge in [-0.25, -0.2) is 4.79 Å². The lowest BCUT2D eigenvalue weighted by Crippen LogP contribution is -2.38. The van der Waals surface area contributed by atoms with E-state index in [1.807, 2.05) is 0 Å². The van der Waals surface area contributed by atoms with E-state index in [4.69, 9.17) is 15.4 Å². The van der Waals surface area contributed by atoms with Crippen molar-refractivity contribution in [3.8, 4) is 0 Å². The van der Waals surface area contributed by atoms with Crippen LogP contribution in [0.4, 0.5) is 0 Å². The standard InChI is InChI=1S/C11H17N3O.C6H5NO2/c12-11(6-2-1-3-7-11)10-13-9(14-15-10)8-4-5-8;8-6(9)5-2-1-3-7-4-5/h8H,1-7,12H2;1-4H,(H,8,9). The fourth-order valence-electron chi connectivity index (χ4n) is 2.83. The third-order valence-corrected chi connectivity index (χ3v) is 4.46. The quantitative estimate of drug-likeness (QED) is 0.889. The first kappa shape index (κ1) is 16.6. The van der Waals surface area contributed by atoms with Crippen molar-refractivity contribution in [1.29, 1.82) is 0 Å². The third-order valence-electron chi connectivity index (χ3n) is 4.46. The molecule has 0 amide bonds. The van der Waals surface area contributed by atoms with Gasteiger partial charge in [0.25, 0.3) is 0 Å². The lowest BCUT2D eigenvalue weighted by molar-refractivity contribution is 0.0696. The predicted molar refractivity (Wildman–Crippen MR) is 86.4 cm³/mol. The van der Waals surface area contributed by atoms with E-state index < -0.39 is 5.97 Å². The Balaban J connectivity index is 0.000000162. The summed E-state index contributed by atoms with van der Waals surface area (Å²) in [5, 5.41) is 12.4. The van der Waals surface area contributed by atoms with Gasteiger partial charge in [0.1, 0.15) is 0 Å². The summed E-state index contributed by atoms with van der Waals surface area (Å²) in [5.41, 5.74) is 6.20. The molecular weight excluding hydrogens is 308 g/mol. The van der Waals surface area contributed by atoms with Crippen LogP contribution in [0.5, 0.6) is 0 Å². The first-order chi connectivity index (χ1) is 11.6. The van der Waals surface area contributed by atoms with Crippen LogP contribution >= 0.6 is 0 Å². The van der Waals surface area contributed by atoms with Gasteiger partial charge in [-0.3, -0.25) is 4.98 Å². The number of aromatic nitrogens is 3. The summed E-state index contributed by atoms with van der Waals surface area (Å²) in [4.78, 5) is 18.3. The van der Waals surface area contributed by atoms with Crippen molar-refractivity contribution >= 4 is 5.97 Å². The summed E-state index contributed by atoms with van der Waals surface area (Å²) in [7, 11) is 0. The molecule has 128 valence electrons. The second kappa shape index (κ2) is 7.09. The Morgan fingerprint density at radius 1 is 1.29 bits per heavy atom. The summed E-state index contributed by atoms with van der Waals surface area (Å²) < 4.78 is 5.32. The van der Waals surface area contributed by atoms with Crippen molar-refractivity contribution in [1.82, 2.24) is 15.1 Å². The van der Waals surface area contributed by atoms with E-state index in [0.29, 0.717) is 11.8 Å². The number of nitrogens with two attached hydrogens (primary N) is 1. The largest absolute Gasteiger partial charge is 0.478 e. The highest BCUT2D eigenvalue weighted by Gasteiger charge is 2.37. The number of rotatable bonds is 3. The van der Waals surface area contributed by atoms with Crippen LogP contribution in [0.15, 0.2) is 29.0 Å². The fraction of sp³-hybridized carbons (Fsp3) is 0.529. The molecule has 0 aromatic carbocycles. The van der Waals surface area contributed by atoms with Crippen molar-refractivity contribution in [2.24, 2.45) is 5.73 Å². The Labute approximate surface area is 140 Å². The molecule has 2 aliphatic rings. The zero-order valence-electron chi connectivity index (χ0n) is 13.5. The Morgan fingerprint density at radius 2 is 2.04 bits per heavy atom. The van der Waals surface area contributed by atoms with Gasteiger partial charge in [-0.15, -0.1) is 0 Å². The number of pyridine rings is 1. The van der Waals surface area contributed by atoms with E-state index >= 15 is 0 Å². The first-order valence-electron chi connectivity index (χ1n) is 8.35. The van der Waals surface area contributed by atoms with Gasteiger partial charge in [-0.05, 0) is 37.8 Å². The van der Waals surface area contributed by atoms with E-state index in [1.54, 1.807) is 6.07 Å². The molecule has 3 N–H and O–H groups in total. The molecule has 0 aliphatic heterocycles. The molecule has 2 aliphatic carbocycles. The highest BCUT2D eigenvalue weighted by molar-refractivity contribution is 5.86. The molecule has 0 spiro atoms. The molecule has 0 radical (unpaired) electrons. The maximum Gasteiger partial charge on any atom is 0.337 e. The molecule has 0 unspecified atom stereocenters. The number of hydrogen-bond donors (Lipinski definition) is 2. The average Bonchev–Trinajstić information content (AvgIpc) is 3.33. The van der Waals surface area contributed by atoms with Crippen molar-refractivity contribution in [3.05, 3.63) is 41.8 Å². The molecule has 0 saturated heterocycles. The summed E-state index contributed by atoms with van der Waals surface area (Å²) in [6.07, 6.45) is 10.9. The molecule has 0 bridgehead atoms. The van der Waals surface area contributed by atoms with E-state index in [-0.39, 0.29) is 11.1 Å². The maximum absolute atomic E-state index is 10.2. The minimum atomic E-state index is -0.942. The van der Waals surface area contributed by atoms with Gasteiger partial charge >= 0.3 is 5.97 Å². The molecule has 2 fully saturated rings. The fourth-order valence-corrected chi connectivity index (χ4v) is 2.83. The topological polar surface area (TPSA) is 115 Å². The van der Waals surface area contributed by atoms with Crippen molar-refractivity contribution < 1.29 is 14.4 Å². The summed E-state index contributed by atoms with van der Waals surface area (Å²) in [6.45, 7) is 0. The summed E-state index contributed by atoms with van der Waals surface area (Å²) in [6, 6.07) is 3.08. The Hall–Kier alpha value is -2.28. The van der Waals surface area contributed by atoms with Crippen LogP contribution in [0.2, 0.25) is 0 Å². The van der Waals surface area contributed by atoms with Gasteiger partial charge in [0, 0.05) is 18.3 Å². The lowest BCUT2D eigenvalue weighted by atomic mass is 9.82. The Morgan fingerprint density at radius 3 is 2.58 bits per heavy atom. The number of aromatic carboxylic acids is 1. The molecule has 2 aromatic rings. The number of carboxylic acid groups (broad SMARTS) is 1. The molecule has 2 saturated carbocycles. The highest BCUT2D eigenvalue weighted by Crippen LogP contribution is 2.40.